The van der Waals surface area contributed by atoms with Crippen LogP contribution in [0.4, 0.5) is 5.69 Å². The number of anilines is 1. The van der Waals surface area contributed by atoms with E-state index in [1.54, 1.807) is 0 Å². The predicted molar refractivity (Wildman–Crippen MR) is 124 cm³/mol. The number of aryl methyl sites for hydroxylation is 1. The summed E-state index contributed by atoms with van der Waals surface area (Å²) in [6.45, 7) is 9.74. The zero-order valence-corrected chi connectivity index (χ0v) is 18.5. The topological polar surface area (TPSA) is 26.8 Å². The van der Waals surface area contributed by atoms with Crippen LogP contribution in [-0.2, 0) is 6.42 Å². The van der Waals surface area contributed by atoms with Gasteiger partial charge in [0.15, 0.2) is 0 Å². The average Bonchev–Trinajstić information content (AvgIpc) is 3.27. The Hall–Kier alpha value is -2.33. The molecule has 4 heteroatoms. The predicted octanol–water partition coefficient (Wildman–Crippen LogP) is 4.45. The largest absolute Gasteiger partial charge is 0.369 e. The smallest absolute Gasteiger partial charge is 0.254 e. The number of carbonyl (C=O) groups is 1. The third-order valence-corrected chi connectivity index (χ3v) is 6.77. The van der Waals surface area contributed by atoms with E-state index in [0.717, 1.165) is 64.0 Å². The molecular weight excluding hydrogens is 370 g/mol. The van der Waals surface area contributed by atoms with Gasteiger partial charge in [0.25, 0.3) is 5.91 Å². The van der Waals surface area contributed by atoms with E-state index in [9.17, 15) is 4.79 Å². The summed E-state index contributed by atoms with van der Waals surface area (Å²) in [4.78, 5) is 20.3. The highest BCUT2D eigenvalue weighted by Gasteiger charge is 2.29. The standard InChI is InChI=1S/C26H35N3O/c1-21(2)27-17-19-28(20-18-27)24-14-11-23(12-15-24)26(30)29-16-6-9-25(29)13-10-22-7-4-3-5-8-22/h3-5,7-8,11-12,14-15,21,25H,6,9-10,13,16-20H2,1-2H3. The van der Waals surface area contributed by atoms with Gasteiger partial charge in [-0.25, -0.2) is 0 Å². The fraction of sp³-hybridized carbons (Fsp3) is 0.500. The lowest BCUT2D eigenvalue weighted by molar-refractivity contribution is 0.0730. The molecule has 2 aromatic carbocycles. The highest BCUT2D eigenvalue weighted by molar-refractivity contribution is 5.95. The first-order chi connectivity index (χ1) is 14.6. The first-order valence-electron chi connectivity index (χ1n) is 11.6. The molecule has 2 fully saturated rings. The van der Waals surface area contributed by atoms with Gasteiger partial charge in [-0.15, -0.1) is 0 Å². The Labute approximate surface area is 181 Å². The van der Waals surface area contributed by atoms with Crippen LogP contribution in [0.5, 0.6) is 0 Å². The van der Waals surface area contributed by atoms with E-state index in [0.29, 0.717) is 12.1 Å². The third-order valence-electron chi connectivity index (χ3n) is 6.77. The molecule has 4 rings (SSSR count). The Morgan fingerprint density at radius 3 is 2.30 bits per heavy atom. The molecule has 0 aromatic heterocycles. The maximum atomic E-state index is 13.2. The van der Waals surface area contributed by atoms with Gasteiger partial charge in [-0.2, -0.15) is 0 Å². The lowest BCUT2D eigenvalue weighted by Crippen LogP contribution is -2.48. The van der Waals surface area contributed by atoms with Crippen LogP contribution in [0.2, 0.25) is 0 Å². The van der Waals surface area contributed by atoms with E-state index < -0.39 is 0 Å². The number of nitrogens with zero attached hydrogens (tertiary/aromatic N) is 3. The highest BCUT2D eigenvalue weighted by Crippen LogP contribution is 2.25. The van der Waals surface area contributed by atoms with Gasteiger partial charge in [0.2, 0.25) is 0 Å². The molecular formula is C26H35N3O. The molecule has 2 heterocycles. The SMILES string of the molecule is CC(C)N1CCN(c2ccc(C(=O)N3CCCC3CCc3ccccc3)cc2)CC1. The molecule has 0 spiro atoms. The number of piperazine rings is 1. The zero-order valence-electron chi connectivity index (χ0n) is 18.5. The van der Waals surface area contributed by atoms with Crippen LogP contribution in [0.1, 0.15) is 49.0 Å². The van der Waals surface area contributed by atoms with Crippen LogP contribution in [0.3, 0.4) is 0 Å². The molecule has 2 aliphatic heterocycles. The fourth-order valence-electron chi connectivity index (χ4n) is 4.86. The number of amides is 1. The third kappa shape index (κ3) is 4.86. The zero-order chi connectivity index (χ0) is 20.9. The maximum absolute atomic E-state index is 13.2. The van der Waals surface area contributed by atoms with Gasteiger partial charge in [0, 0.05) is 56.1 Å². The monoisotopic (exact) mass is 405 g/mol. The molecule has 1 atom stereocenters. The second-order valence-corrected chi connectivity index (χ2v) is 8.98. The summed E-state index contributed by atoms with van der Waals surface area (Å²) >= 11 is 0. The van der Waals surface area contributed by atoms with Crippen LogP contribution in [-0.4, -0.2) is 60.5 Å². The summed E-state index contributed by atoms with van der Waals surface area (Å²) in [6, 6.07) is 19.9. The normalized spacial score (nSPS) is 20.2. The first-order valence-corrected chi connectivity index (χ1v) is 11.6. The van der Waals surface area contributed by atoms with Crippen molar-refractivity contribution in [1.29, 1.82) is 0 Å². The Morgan fingerprint density at radius 1 is 0.933 bits per heavy atom. The summed E-state index contributed by atoms with van der Waals surface area (Å²) in [7, 11) is 0. The number of carbonyl (C=O) groups excluding carboxylic acids is 1. The van der Waals surface area contributed by atoms with Gasteiger partial charge in [0.05, 0.1) is 0 Å². The van der Waals surface area contributed by atoms with Gasteiger partial charge >= 0.3 is 0 Å². The summed E-state index contributed by atoms with van der Waals surface area (Å²) in [6.07, 6.45) is 4.32. The minimum atomic E-state index is 0.196. The molecule has 4 nitrogen and oxygen atoms in total. The second kappa shape index (κ2) is 9.65. The van der Waals surface area contributed by atoms with E-state index in [1.165, 1.54) is 11.3 Å². The molecule has 2 aromatic rings. The van der Waals surface area contributed by atoms with Gasteiger partial charge in [-0.1, -0.05) is 30.3 Å². The number of hydrogen-bond acceptors (Lipinski definition) is 3. The molecule has 2 saturated heterocycles. The van der Waals surface area contributed by atoms with E-state index in [-0.39, 0.29) is 5.91 Å². The van der Waals surface area contributed by atoms with Crippen LogP contribution in [0, 0.1) is 0 Å². The van der Waals surface area contributed by atoms with Gasteiger partial charge in [-0.05, 0) is 69.4 Å². The number of rotatable bonds is 6. The minimum Gasteiger partial charge on any atom is -0.369 e. The van der Waals surface area contributed by atoms with E-state index in [2.05, 4.69) is 71.0 Å². The molecule has 0 bridgehead atoms. The van der Waals surface area contributed by atoms with Crippen molar-refractivity contribution in [2.45, 2.75) is 51.6 Å². The van der Waals surface area contributed by atoms with Crippen molar-refractivity contribution in [3.8, 4) is 0 Å². The first kappa shape index (κ1) is 20.9. The summed E-state index contributed by atoms with van der Waals surface area (Å²) in [5.74, 6) is 0.196. The average molecular weight is 406 g/mol. The van der Waals surface area contributed by atoms with Crippen LogP contribution in [0.15, 0.2) is 54.6 Å². The molecule has 1 unspecified atom stereocenters. The number of benzene rings is 2. The molecule has 0 N–H and O–H groups in total. The van der Waals surface area contributed by atoms with E-state index in [4.69, 9.17) is 0 Å². The highest BCUT2D eigenvalue weighted by atomic mass is 16.2. The summed E-state index contributed by atoms with van der Waals surface area (Å²) in [5, 5.41) is 0. The molecule has 0 saturated carbocycles. The van der Waals surface area contributed by atoms with Crippen molar-refractivity contribution in [1.82, 2.24) is 9.80 Å². The molecule has 0 aliphatic carbocycles. The molecule has 0 radical (unpaired) electrons. The lowest BCUT2D eigenvalue weighted by atomic mass is 10.0. The molecule has 1 amide bonds. The minimum absolute atomic E-state index is 0.196. The summed E-state index contributed by atoms with van der Waals surface area (Å²) in [5.41, 5.74) is 3.42. The molecule has 160 valence electrons. The fourth-order valence-corrected chi connectivity index (χ4v) is 4.86. The Bertz CT molecular complexity index is 810. The lowest BCUT2D eigenvalue weighted by Gasteiger charge is -2.38. The van der Waals surface area contributed by atoms with Gasteiger partial charge in [-0.3, -0.25) is 9.69 Å². The summed E-state index contributed by atoms with van der Waals surface area (Å²) < 4.78 is 0. The van der Waals surface area contributed by atoms with Crippen molar-refractivity contribution in [3.05, 3.63) is 65.7 Å². The Morgan fingerprint density at radius 2 is 1.63 bits per heavy atom. The maximum Gasteiger partial charge on any atom is 0.254 e. The van der Waals surface area contributed by atoms with Crippen LogP contribution < -0.4 is 4.90 Å². The van der Waals surface area contributed by atoms with Crippen molar-refractivity contribution >= 4 is 11.6 Å². The molecule has 2 aliphatic rings. The van der Waals surface area contributed by atoms with Crippen molar-refractivity contribution < 1.29 is 4.79 Å². The van der Waals surface area contributed by atoms with Crippen LogP contribution in [0.25, 0.3) is 0 Å². The molecule has 30 heavy (non-hydrogen) atoms. The number of hydrogen-bond donors (Lipinski definition) is 0. The van der Waals surface area contributed by atoms with E-state index >= 15 is 0 Å². The van der Waals surface area contributed by atoms with Crippen molar-refractivity contribution in [2.24, 2.45) is 0 Å². The van der Waals surface area contributed by atoms with Crippen LogP contribution >= 0.6 is 0 Å². The van der Waals surface area contributed by atoms with E-state index in [1.807, 2.05) is 12.1 Å². The van der Waals surface area contributed by atoms with Gasteiger partial charge in [0.1, 0.15) is 0 Å². The second-order valence-electron chi connectivity index (χ2n) is 8.98. The Kier molecular flexibility index (Phi) is 6.73. The van der Waals surface area contributed by atoms with Crippen molar-refractivity contribution in [3.63, 3.8) is 0 Å². The number of likely N-dealkylation sites (tertiary alicyclic amines) is 1. The quantitative estimate of drug-likeness (QED) is 0.710. The Balaban J connectivity index is 1.35. The van der Waals surface area contributed by atoms with Gasteiger partial charge < -0.3 is 9.80 Å². The van der Waals surface area contributed by atoms with Crippen molar-refractivity contribution in [2.75, 3.05) is 37.6 Å².